The highest BCUT2D eigenvalue weighted by Gasteiger charge is 2.07. The van der Waals surface area contributed by atoms with E-state index in [-0.39, 0.29) is 5.91 Å². The summed E-state index contributed by atoms with van der Waals surface area (Å²) < 4.78 is 12.8. The molecule has 2 aromatic carbocycles. The van der Waals surface area contributed by atoms with Crippen molar-refractivity contribution >= 4 is 5.91 Å². The standard InChI is InChI=1S/C24H23N3O3/c1-18-11-12-26-27(18)22-9-7-21(8-10-22)24(28)25-15-19-4-2-5-20(14-19)16-29-17-23-6-3-13-30-23/h2-14H,15-17H2,1H3,(H,25,28). The lowest BCUT2D eigenvalue weighted by molar-refractivity contribution is 0.0928. The maximum atomic E-state index is 12.5. The van der Waals surface area contributed by atoms with Crippen molar-refractivity contribution in [3.63, 3.8) is 0 Å². The molecular weight excluding hydrogens is 378 g/mol. The first-order valence-corrected chi connectivity index (χ1v) is 9.76. The zero-order valence-corrected chi connectivity index (χ0v) is 16.7. The summed E-state index contributed by atoms with van der Waals surface area (Å²) in [6, 6.07) is 21.1. The van der Waals surface area contributed by atoms with Crippen LogP contribution in [0, 0.1) is 6.92 Å². The van der Waals surface area contributed by atoms with Gasteiger partial charge in [0.2, 0.25) is 0 Å². The Bertz CT molecular complexity index is 1100. The van der Waals surface area contributed by atoms with Gasteiger partial charge in [-0.1, -0.05) is 24.3 Å². The number of rotatable bonds is 8. The number of amides is 1. The molecule has 0 bridgehead atoms. The summed E-state index contributed by atoms with van der Waals surface area (Å²) in [6.07, 6.45) is 3.39. The molecule has 4 rings (SSSR count). The van der Waals surface area contributed by atoms with Crippen molar-refractivity contribution < 1.29 is 13.9 Å². The van der Waals surface area contributed by atoms with E-state index in [1.807, 2.05) is 78.3 Å². The van der Waals surface area contributed by atoms with Crippen molar-refractivity contribution in [3.8, 4) is 5.69 Å². The molecule has 152 valence electrons. The van der Waals surface area contributed by atoms with Crippen molar-refractivity contribution in [3.05, 3.63) is 107 Å². The van der Waals surface area contributed by atoms with E-state index in [0.29, 0.717) is 25.3 Å². The van der Waals surface area contributed by atoms with Crippen LogP contribution in [0.15, 0.2) is 83.6 Å². The van der Waals surface area contributed by atoms with E-state index in [1.54, 1.807) is 12.5 Å². The fraction of sp³-hybridized carbons (Fsp3) is 0.167. The smallest absolute Gasteiger partial charge is 0.251 e. The van der Waals surface area contributed by atoms with Crippen LogP contribution in [0.4, 0.5) is 0 Å². The molecule has 2 aromatic heterocycles. The summed E-state index contributed by atoms with van der Waals surface area (Å²) >= 11 is 0. The zero-order valence-electron chi connectivity index (χ0n) is 16.7. The number of furan rings is 1. The highest BCUT2D eigenvalue weighted by molar-refractivity contribution is 5.94. The molecule has 1 N–H and O–H groups in total. The van der Waals surface area contributed by atoms with Gasteiger partial charge in [0.25, 0.3) is 5.91 Å². The minimum Gasteiger partial charge on any atom is -0.467 e. The zero-order chi connectivity index (χ0) is 20.8. The summed E-state index contributed by atoms with van der Waals surface area (Å²) in [5, 5.41) is 7.25. The molecule has 0 spiro atoms. The molecule has 0 saturated carbocycles. The second-order valence-electron chi connectivity index (χ2n) is 7.01. The normalized spacial score (nSPS) is 10.8. The van der Waals surface area contributed by atoms with Crippen LogP contribution in [-0.4, -0.2) is 15.7 Å². The van der Waals surface area contributed by atoms with Gasteiger partial charge in [0.1, 0.15) is 12.4 Å². The lowest BCUT2D eigenvalue weighted by atomic mass is 10.1. The highest BCUT2D eigenvalue weighted by atomic mass is 16.5. The lowest BCUT2D eigenvalue weighted by Gasteiger charge is -2.09. The molecule has 30 heavy (non-hydrogen) atoms. The van der Waals surface area contributed by atoms with Gasteiger partial charge in [0.05, 0.1) is 18.6 Å². The number of hydrogen-bond donors (Lipinski definition) is 1. The average Bonchev–Trinajstić information content (AvgIpc) is 3.44. The van der Waals surface area contributed by atoms with Gasteiger partial charge in [-0.15, -0.1) is 0 Å². The molecular formula is C24H23N3O3. The van der Waals surface area contributed by atoms with Gasteiger partial charge in [-0.2, -0.15) is 5.10 Å². The van der Waals surface area contributed by atoms with Crippen molar-refractivity contribution in [2.24, 2.45) is 0 Å². The number of nitrogens with zero attached hydrogens (tertiary/aromatic N) is 2. The topological polar surface area (TPSA) is 69.3 Å². The van der Waals surface area contributed by atoms with Gasteiger partial charge in [-0.25, -0.2) is 4.68 Å². The predicted octanol–water partition coefficient (Wildman–Crippen LogP) is 4.42. The van der Waals surface area contributed by atoms with Crippen LogP contribution in [0.3, 0.4) is 0 Å². The van der Waals surface area contributed by atoms with Crippen molar-refractivity contribution in [2.75, 3.05) is 0 Å². The van der Waals surface area contributed by atoms with Crippen molar-refractivity contribution in [1.29, 1.82) is 0 Å². The Kier molecular flexibility index (Phi) is 6.06. The predicted molar refractivity (Wildman–Crippen MR) is 113 cm³/mol. The molecule has 0 aliphatic rings. The first kappa shape index (κ1) is 19.7. The summed E-state index contributed by atoms with van der Waals surface area (Å²) in [7, 11) is 0. The third-order valence-electron chi connectivity index (χ3n) is 4.74. The number of ether oxygens (including phenoxy) is 1. The molecule has 0 fully saturated rings. The summed E-state index contributed by atoms with van der Waals surface area (Å²) in [6.45, 7) is 3.35. The first-order valence-electron chi connectivity index (χ1n) is 9.76. The Labute approximate surface area is 175 Å². The molecule has 2 heterocycles. The molecule has 6 heteroatoms. The minimum atomic E-state index is -0.113. The first-order chi connectivity index (χ1) is 14.7. The number of carbonyl (C=O) groups excluding carboxylic acids is 1. The van der Waals surface area contributed by atoms with Gasteiger partial charge < -0.3 is 14.5 Å². The minimum absolute atomic E-state index is 0.113. The molecule has 0 aliphatic carbocycles. The van der Waals surface area contributed by atoms with Gasteiger partial charge in [-0.3, -0.25) is 4.79 Å². The van der Waals surface area contributed by atoms with E-state index in [9.17, 15) is 4.79 Å². The molecule has 0 radical (unpaired) electrons. The number of aryl methyl sites for hydroxylation is 1. The SMILES string of the molecule is Cc1ccnn1-c1ccc(C(=O)NCc2cccc(COCc3ccco3)c2)cc1. The van der Waals surface area contributed by atoms with E-state index in [4.69, 9.17) is 9.15 Å². The van der Waals surface area contributed by atoms with E-state index < -0.39 is 0 Å². The second kappa shape index (κ2) is 9.24. The van der Waals surface area contributed by atoms with Gasteiger partial charge in [-0.05, 0) is 60.5 Å². The van der Waals surface area contributed by atoms with Gasteiger partial charge >= 0.3 is 0 Å². The molecule has 0 unspecified atom stereocenters. The Morgan fingerprint density at radius 3 is 2.60 bits per heavy atom. The summed E-state index contributed by atoms with van der Waals surface area (Å²) in [5.41, 5.74) is 4.65. The van der Waals surface area contributed by atoms with Gasteiger partial charge in [0.15, 0.2) is 0 Å². The number of hydrogen-bond acceptors (Lipinski definition) is 4. The number of aromatic nitrogens is 2. The van der Waals surface area contributed by atoms with Crippen LogP contribution in [0.1, 0.15) is 32.9 Å². The fourth-order valence-corrected chi connectivity index (χ4v) is 3.17. The Balaban J connectivity index is 1.30. The second-order valence-corrected chi connectivity index (χ2v) is 7.01. The fourth-order valence-electron chi connectivity index (χ4n) is 3.17. The largest absolute Gasteiger partial charge is 0.467 e. The molecule has 0 atom stereocenters. The molecule has 0 aliphatic heterocycles. The van der Waals surface area contributed by atoms with Crippen LogP contribution >= 0.6 is 0 Å². The average molecular weight is 401 g/mol. The Morgan fingerprint density at radius 2 is 1.87 bits per heavy atom. The number of nitrogens with one attached hydrogen (secondary N) is 1. The summed E-state index contributed by atoms with van der Waals surface area (Å²) in [4.78, 5) is 12.5. The molecule has 0 saturated heterocycles. The highest BCUT2D eigenvalue weighted by Crippen LogP contribution is 2.12. The maximum Gasteiger partial charge on any atom is 0.251 e. The van der Waals surface area contributed by atoms with Gasteiger partial charge in [0, 0.05) is 24.0 Å². The molecule has 1 amide bonds. The van der Waals surface area contributed by atoms with E-state index in [2.05, 4.69) is 10.4 Å². The van der Waals surface area contributed by atoms with Crippen LogP contribution in [0.2, 0.25) is 0 Å². The monoisotopic (exact) mass is 401 g/mol. The maximum absolute atomic E-state index is 12.5. The molecule has 4 aromatic rings. The van der Waals surface area contributed by atoms with Crippen LogP contribution < -0.4 is 5.32 Å². The third-order valence-corrected chi connectivity index (χ3v) is 4.74. The van der Waals surface area contributed by atoms with Crippen LogP contribution in [0.5, 0.6) is 0 Å². The van der Waals surface area contributed by atoms with Crippen molar-refractivity contribution in [2.45, 2.75) is 26.7 Å². The lowest BCUT2D eigenvalue weighted by Crippen LogP contribution is -2.22. The Morgan fingerprint density at radius 1 is 1.03 bits per heavy atom. The quantitative estimate of drug-likeness (QED) is 0.474. The summed E-state index contributed by atoms with van der Waals surface area (Å²) in [5.74, 6) is 0.686. The van der Waals surface area contributed by atoms with Crippen molar-refractivity contribution in [1.82, 2.24) is 15.1 Å². The third kappa shape index (κ3) is 4.85. The number of carbonyl (C=O) groups is 1. The number of benzene rings is 2. The van der Waals surface area contributed by atoms with E-state index in [1.165, 1.54) is 0 Å². The Hall–Kier alpha value is -3.64. The molecule has 6 nitrogen and oxygen atoms in total. The van der Waals surface area contributed by atoms with Crippen LogP contribution in [0.25, 0.3) is 5.69 Å². The van der Waals surface area contributed by atoms with E-state index >= 15 is 0 Å². The van der Waals surface area contributed by atoms with E-state index in [0.717, 1.165) is 28.3 Å². The van der Waals surface area contributed by atoms with Crippen LogP contribution in [-0.2, 0) is 24.5 Å².